The molecule has 3 saturated heterocycles. The molecule has 3 fully saturated rings. The van der Waals surface area contributed by atoms with Crippen LogP contribution in [0.15, 0.2) is 17.0 Å². The summed E-state index contributed by atoms with van der Waals surface area (Å²) in [5.41, 5.74) is 0. The quantitative estimate of drug-likeness (QED) is 0.600. The summed E-state index contributed by atoms with van der Waals surface area (Å²) in [6, 6.07) is 4.62. The summed E-state index contributed by atoms with van der Waals surface area (Å²) in [5, 5.41) is 0.528. The highest BCUT2D eigenvalue weighted by Gasteiger charge is 2.42. The van der Waals surface area contributed by atoms with Crippen LogP contribution in [0.5, 0.6) is 5.88 Å². The normalized spacial score (nSPS) is 29.1. The van der Waals surface area contributed by atoms with Gasteiger partial charge in [-0.05, 0) is 42.7 Å². The molecule has 0 aliphatic carbocycles. The predicted molar refractivity (Wildman–Crippen MR) is 95.6 cm³/mol. The van der Waals surface area contributed by atoms with E-state index in [4.69, 9.17) is 21.1 Å². The van der Waals surface area contributed by atoms with Gasteiger partial charge in [0.05, 0.1) is 12.0 Å². The molecule has 132 valence electrons. The molecule has 0 N–H and O–H groups in total. The minimum atomic E-state index is 0.528. The van der Waals surface area contributed by atoms with E-state index in [1.165, 1.54) is 25.9 Å². The van der Waals surface area contributed by atoms with E-state index in [9.17, 15) is 0 Å². The first-order valence-corrected chi connectivity index (χ1v) is 9.83. The first-order valence-electron chi connectivity index (χ1n) is 8.68. The lowest BCUT2D eigenvalue weighted by atomic mass is 10.0. The highest BCUT2D eigenvalue weighted by atomic mass is 35.5. The summed E-state index contributed by atoms with van der Waals surface area (Å²) >= 11 is 8.01. The van der Waals surface area contributed by atoms with E-state index in [1.807, 2.05) is 12.1 Å². The molecule has 5 nitrogen and oxygen atoms in total. The number of likely N-dealkylation sites (tertiary alicyclic amines) is 1. The number of aromatic nitrogens is 1. The number of hydrogen-bond acceptors (Lipinski definition) is 6. The first kappa shape index (κ1) is 16.9. The largest absolute Gasteiger partial charge is 0.481 e. The second-order valence-electron chi connectivity index (χ2n) is 6.90. The Hall–Kier alpha value is -0.530. The summed E-state index contributed by atoms with van der Waals surface area (Å²) in [5.74, 6) is 2.13. The lowest BCUT2D eigenvalue weighted by Gasteiger charge is -2.32. The van der Waals surface area contributed by atoms with Crippen LogP contribution < -0.4 is 4.74 Å². The molecule has 24 heavy (non-hydrogen) atoms. The molecule has 2 atom stereocenters. The predicted octanol–water partition coefficient (Wildman–Crippen LogP) is 2.79. The molecule has 7 heteroatoms. The minimum Gasteiger partial charge on any atom is -0.481 e. The van der Waals surface area contributed by atoms with Crippen molar-refractivity contribution in [1.29, 1.82) is 0 Å². The lowest BCUT2D eigenvalue weighted by molar-refractivity contribution is 0.0394. The fourth-order valence-corrected chi connectivity index (χ4v) is 5.44. The lowest BCUT2D eigenvalue weighted by Crippen LogP contribution is -2.39. The van der Waals surface area contributed by atoms with Crippen LogP contribution in [-0.2, 0) is 4.74 Å². The number of nitrogens with zero attached hydrogens (tertiary/aromatic N) is 3. The third kappa shape index (κ3) is 3.53. The second kappa shape index (κ2) is 7.38. The van der Waals surface area contributed by atoms with Crippen LogP contribution in [0, 0.1) is 11.8 Å². The van der Waals surface area contributed by atoms with Crippen molar-refractivity contribution in [3.05, 3.63) is 17.3 Å². The molecule has 3 aliphatic rings. The second-order valence-corrected chi connectivity index (χ2v) is 8.40. The monoisotopic (exact) mass is 369 g/mol. The third-order valence-electron chi connectivity index (χ3n) is 5.41. The molecule has 3 aliphatic heterocycles. The van der Waals surface area contributed by atoms with Crippen LogP contribution in [0.4, 0.5) is 0 Å². The number of hydrogen-bond donors (Lipinski definition) is 0. The average Bonchev–Trinajstić information content (AvgIpc) is 3.16. The van der Waals surface area contributed by atoms with Gasteiger partial charge in [-0.1, -0.05) is 11.6 Å². The van der Waals surface area contributed by atoms with E-state index in [-0.39, 0.29) is 0 Å². The molecule has 1 aromatic heterocycles. The van der Waals surface area contributed by atoms with Crippen molar-refractivity contribution in [2.75, 3.05) is 46.5 Å². The fraction of sp³-hybridized carbons (Fsp3) is 0.706. The third-order valence-corrected chi connectivity index (χ3v) is 6.90. The average molecular weight is 370 g/mol. The van der Waals surface area contributed by atoms with E-state index in [0.29, 0.717) is 11.0 Å². The molecule has 0 saturated carbocycles. The van der Waals surface area contributed by atoms with E-state index in [1.54, 1.807) is 19.1 Å². The molecule has 1 aromatic rings. The number of pyridine rings is 1. The van der Waals surface area contributed by atoms with Crippen LogP contribution in [0.3, 0.4) is 0 Å². The summed E-state index contributed by atoms with van der Waals surface area (Å²) in [7, 11) is 1.61. The maximum absolute atomic E-state index is 6.27. The molecule has 4 heterocycles. The van der Waals surface area contributed by atoms with Crippen LogP contribution >= 0.6 is 23.5 Å². The highest BCUT2D eigenvalue weighted by molar-refractivity contribution is 7.97. The van der Waals surface area contributed by atoms with Crippen molar-refractivity contribution < 1.29 is 9.47 Å². The fourth-order valence-electron chi connectivity index (χ4n) is 4.14. The summed E-state index contributed by atoms with van der Waals surface area (Å²) in [6.45, 7) is 6.61. The molecular weight excluding hydrogens is 346 g/mol. The summed E-state index contributed by atoms with van der Waals surface area (Å²) < 4.78 is 13.1. The zero-order chi connectivity index (χ0) is 16.5. The Morgan fingerprint density at radius 1 is 1.17 bits per heavy atom. The number of ether oxygens (including phenoxy) is 2. The van der Waals surface area contributed by atoms with E-state index in [0.717, 1.165) is 49.1 Å². The number of fused-ring (bicyclic) bond motifs is 1. The van der Waals surface area contributed by atoms with E-state index < -0.39 is 0 Å². The van der Waals surface area contributed by atoms with Gasteiger partial charge in [0, 0.05) is 51.5 Å². The van der Waals surface area contributed by atoms with Crippen molar-refractivity contribution in [2.45, 2.75) is 23.8 Å². The zero-order valence-electron chi connectivity index (χ0n) is 14.0. The van der Waals surface area contributed by atoms with Gasteiger partial charge in [0.25, 0.3) is 0 Å². The molecular formula is C17H24ClN3O2S. The SMILES string of the molecule is COc1ccc(SN2CC3CN(C4CCOCC4)CC3C2)c(Cl)n1. The van der Waals surface area contributed by atoms with E-state index in [2.05, 4.69) is 14.2 Å². The number of methoxy groups -OCH3 is 1. The number of rotatable bonds is 4. The Labute approximate surface area is 152 Å². The maximum atomic E-state index is 6.27. The van der Waals surface area contributed by atoms with Crippen molar-refractivity contribution in [3.8, 4) is 5.88 Å². The van der Waals surface area contributed by atoms with Gasteiger partial charge < -0.3 is 9.47 Å². The summed E-state index contributed by atoms with van der Waals surface area (Å²) in [4.78, 5) is 7.98. The highest BCUT2D eigenvalue weighted by Crippen LogP contribution is 2.39. The van der Waals surface area contributed by atoms with Crippen LogP contribution in [0.2, 0.25) is 5.15 Å². The standard InChI is InChI=1S/C17H24ClN3O2S/c1-22-16-3-2-15(17(18)19-16)24-21-10-12-8-20(9-13(12)11-21)14-4-6-23-7-5-14/h2-3,12-14H,4-11H2,1H3. The molecule has 0 aromatic carbocycles. The molecule has 2 unspecified atom stereocenters. The van der Waals surface area contributed by atoms with Crippen LogP contribution in [0.25, 0.3) is 0 Å². The topological polar surface area (TPSA) is 37.8 Å². The molecule has 0 radical (unpaired) electrons. The van der Waals surface area contributed by atoms with Crippen molar-refractivity contribution >= 4 is 23.5 Å². The van der Waals surface area contributed by atoms with Crippen LogP contribution in [0.1, 0.15) is 12.8 Å². The Bertz CT molecular complexity index is 571. The Balaban J connectivity index is 1.32. The van der Waals surface area contributed by atoms with Gasteiger partial charge in [0.2, 0.25) is 5.88 Å². The molecule has 0 amide bonds. The number of halogens is 1. The Morgan fingerprint density at radius 2 is 1.88 bits per heavy atom. The molecule has 0 bridgehead atoms. The van der Waals surface area contributed by atoms with Gasteiger partial charge in [0.15, 0.2) is 0 Å². The Morgan fingerprint density at radius 3 is 2.50 bits per heavy atom. The van der Waals surface area contributed by atoms with Crippen molar-refractivity contribution in [3.63, 3.8) is 0 Å². The zero-order valence-corrected chi connectivity index (χ0v) is 15.6. The van der Waals surface area contributed by atoms with Crippen molar-refractivity contribution in [1.82, 2.24) is 14.2 Å². The molecule has 4 rings (SSSR count). The van der Waals surface area contributed by atoms with Crippen LogP contribution in [-0.4, -0.2) is 66.7 Å². The molecule has 0 spiro atoms. The van der Waals surface area contributed by atoms with Gasteiger partial charge in [-0.15, -0.1) is 0 Å². The summed E-state index contributed by atoms with van der Waals surface area (Å²) in [6.07, 6.45) is 2.40. The maximum Gasteiger partial charge on any atom is 0.214 e. The van der Waals surface area contributed by atoms with Gasteiger partial charge in [-0.2, -0.15) is 0 Å². The van der Waals surface area contributed by atoms with Gasteiger partial charge in [-0.25, -0.2) is 9.29 Å². The van der Waals surface area contributed by atoms with E-state index >= 15 is 0 Å². The Kier molecular flexibility index (Phi) is 5.20. The first-order chi connectivity index (χ1) is 11.7. The van der Waals surface area contributed by atoms with Gasteiger partial charge in [-0.3, -0.25) is 4.90 Å². The van der Waals surface area contributed by atoms with Crippen molar-refractivity contribution in [2.24, 2.45) is 11.8 Å². The van der Waals surface area contributed by atoms with Gasteiger partial charge in [0.1, 0.15) is 5.15 Å². The van der Waals surface area contributed by atoms with Gasteiger partial charge >= 0.3 is 0 Å². The smallest absolute Gasteiger partial charge is 0.214 e. The minimum absolute atomic E-state index is 0.528.